The Kier molecular flexibility index (Phi) is 5.43. The molecule has 0 aliphatic carbocycles. The van der Waals surface area contributed by atoms with E-state index in [0.717, 1.165) is 33.9 Å². The Balaban J connectivity index is 1.07. The van der Waals surface area contributed by atoms with E-state index in [1.54, 1.807) is 0 Å². The van der Waals surface area contributed by atoms with Crippen molar-refractivity contribution in [2.24, 2.45) is 0 Å². The first-order valence-electron chi connectivity index (χ1n) is 17.9. The zero-order valence-electron chi connectivity index (χ0n) is 28.1. The Morgan fingerprint density at radius 3 is 1.65 bits per heavy atom. The maximum atomic E-state index is 6.89. The van der Waals surface area contributed by atoms with Crippen molar-refractivity contribution < 1.29 is 4.74 Å². The average molecular weight is 663 g/mol. The van der Waals surface area contributed by atoms with Crippen molar-refractivity contribution in [1.82, 2.24) is 9.13 Å². The number of para-hydroxylation sites is 6. The summed E-state index contributed by atoms with van der Waals surface area (Å²) >= 11 is 0. The van der Waals surface area contributed by atoms with Gasteiger partial charge in [-0.25, -0.2) is 0 Å². The molecule has 0 saturated heterocycles. The molecule has 0 radical (unpaired) electrons. The molecule has 2 aliphatic heterocycles. The van der Waals surface area contributed by atoms with Crippen LogP contribution in [0.3, 0.4) is 0 Å². The third-order valence-corrected chi connectivity index (χ3v) is 11.6. The number of nitrogens with zero attached hydrogens (tertiary/aromatic N) is 2. The van der Waals surface area contributed by atoms with Gasteiger partial charge in [-0.3, -0.25) is 0 Å². The van der Waals surface area contributed by atoms with Crippen LogP contribution in [0, 0.1) is 0 Å². The third-order valence-electron chi connectivity index (χ3n) is 11.6. The summed E-state index contributed by atoms with van der Waals surface area (Å²) in [6, 6.07) is 66.3. The molecule has 0 fully saturated rings. The molecule has 3 heteroatoms. The predicted octanol–water partition coefficient (Wildman–Crippen LogP) is 12.3. The Hall–Kier alpha value is -6.84. The highest BCUT2D eigenvalue weighted by Crippen LogP contribution is 2.60. The topological polar surface area (TPSA) is 19.1 Å². The maximum Gasteiger partial charge on any atom is 0.132 e. The van der Waals surface area contributed by atoms with Gasteiger partial charge in [-0.1, -0.05) is 133 Å². The van der Waals surface area contributed by atoms with E-state index < -0.39 is 5.41 Å². The van der Waals surface area contributed by atoms with Crippen molar-refractivity contribution in [2.45, 2.75) is 5.41 Å². The van der Waals surface area contributed by atoms with Crippen LogP contribution in [0.4, 0.5) is 0 Å². The second kappa shape index (κ2) is 10.1. The molecular formula is C49H30N2O. The van der Waals surface area contributed by atoms with Crippen LogP contribution in [-0.2, 0) is 5.41 Å². The highest BCUT2D eigenvalue weighted by atomic mass is 16.5. The van der Waals surface area contributed by atoms with E-state index in [9.17, 15) is 0 Å². The van der Waals surface area contributed by atoms with Crippen LogP contribution >= 0.6 is 0 Å². The number of benzene rings is 8. The summed E-state index contributed by atoms with van der Waals surface area (Å²) in [5.41, 5.74) is 13.8. The van der Waals surface area contributed by atoms with Crippen molar-refractivity contribution in [3.8, 4) is 34.0 Å². The van der Waals surface area contributed by atoms with Crippen LogP contribution in [0.15, 0.2) is 182 Å². The van der Waals surface area contributed by atoms with Crippen molar-refractivity contribution in [2.75, 3.05) is 0 Å². The fourth-order valence-corrected chi connectivity index (χ4v) is 9.51. The van der Waals surface area contributed by atoms with Crippen molar-refractivity contribution >= 4 is 43.6 Å². The summed E-state index contributed by atoms with van der Waals surface area (Å²) in [6.07, 6.45) is 0. The first kappa shape index (κ1) is 27.9. The van der Waals surface area contributed by atoms with Crippen LogP contribution in [0.25, 0.3) is 66.1 Å². The molecular weight excluding hydrogens is 633 g/mol. The monoisotopic (exact) mass is 662 g/mol. The van der Waals surface area contributed by atoms with Gasteiger partial charge < -0.3 is 13.9 Å². The summed E-state index contributed by atoms with van der Waals surface area (Å²) in [4.78, 5) is 0. The Labute approximate surface area is 300 Å². The minimum atomic E-state index is -0.566. The molecule has 2 aliphatic rings. The molecule has 3 nitrogen and oxygen atoms in total. The van der Waals surface area contributed by atoms with Gasteiger partial charge in [0.15, 0.2) is 0 Å². The van der Waals surface area contributed by atoms with Crippen molar-refractivity contribution in [3.05, 3.63) is 204 Å². The maximum absolute atomic E-state index is 6.89. The Morgan fingerprint density at radius 2 is 0.904 bits per heavy atom. The van der Waals surface area contributed by atoms with Gasteiger partial charge in [0.2, 0.25) is 0 Å². The molecule has 8 aromatic carbocycles. The second-order valence-corrected chi connectivity index (χ2v) is 14.0. The molecule has 0 bridgehead atoms. The molecule has 0 saturated carbocycles. The lowest BCUT2D eigenvalue weighted by atomic mass is 9.61. The molecule has 1 atom stereocenters. The lowest BCUT2D eigenvalue weighted by molar-refractivity contribution is 0.434. The van der Waals surface area contributed by atoms with Gasteiger partial charge in [-0.05, 0) is 70.8 Å². The SMILES string of the molecule is c1ccc2c(c1)Oc1cc(-c3ccc(-n4c5ccccc5c5ccccc54)cc3)ccc1C21c2ccccc2-n2c3ccccc3c3cccc1c32. The van der Waals surface area contributed by atoms with Gasteiger partial charge in [-0.2, -0.15) is 0 Å². The van der Waals surface area contributed by atoms with E-state index in [1.807, 2.05) is 0 Å². The van der Waals surface area contributed by atoms with Crippen LogP contribution in [-0.4, -0.2) is 9.13 Å². The molecule has 10 aromatic rings. The molecule has 0 N–H and O–H groups in total. The first-order valence-corrected chi connectivity index (χ1v) is 17.9. The number of aromatic nitrogens is 2. The predicted molar refractivity (Wildman–Crippen MR) is 212 cm³/mol. The number of ether oxygens (including phenoxy) is 1. The van der Waals surface area contributed by atoms with Gasteiger partial charge in [-0.15, -0.1) is 0 Å². The van der Waals surface area contributed by atoms with Crippen LogP contribution in [0.2, 0.25) is 0 Å². The summed E-state index contributed by atoms with van der Waals surface area (Å²) in [5, 5.41) is 5.08. The summed E-state index contributed by atoms with van der Waals surface area (Å²) in [7, 11) is 0. The van der Waals surface area contributed by atoms with E-state index in [-0.39, 0.29) is 0 Å². The largest absolute Gasteiger partial charge is 0.457 e. The summed E-state index contributed by atoms with van der Waals surface area (Å²) in [5.74, 6) is 1.78. The van der Waals surface area contributed by atoms with Crippen LogP contribution < -0.4 is 4.74 Å². The fraction of sp³-hybridized carbons (Fsp3) is 0.0204. The van der Waals surface area contributed by atoms with Gasteiger partial charge in [0.25, 0.3) is 0 Å². The standard InChI is InChI=1S/C49H30N2O/c1-6-19-42-34(12-1)35-13-2-7-20-43(35)50(42)33-27-24-31(25-28-33)32-26-29-40-47(30-32)52-46-23-10-5-17-39(46)49(40)38-16-4-9-22-45(38)51-44-21-8-3-14-36(44)37-15-11-18-41(49)48(37)51/h1-30H. The second-order valence-electron chi connectivity index (χ2n) is 14.0. The normalized spacial score (nSPS) is 15.5. The van der Waals surface area contributed by atoms with Crippen LogP contribution in [0.5, 0.6) is 11.5 Å². The first-order chi connectivity index (χ1) is 25.8. The van der Waals surface area contributed by atoms with Gasteiger partial charge in [0, 0.05) is 38.4 Å². The van der Waals surface area contributed by atoms with E-state index in [4.69, 9.17) is 4.74 Å². The van der Waals surface area contributed by atoms with E-state index >= 15 is 0 Å². The quantitative estimate of drug-likeness (QED) is 0.180. The fourth-order valence-electron chi connectivity index (χ4n) is 9.51. The van der Waals surface area contributed by atoms with Crippen LogP contribution in [0.1, 0.15) is 22.3 Å². The highest BCUT2D eigenvalue weighted by Gasteiger charge is 2.50. The smallest absolute Gasteiger partial charge is 0.132 e. The molecule has 2 aromatic heterocycles. The molecule has 52 heavy (non-hydrogen) atoms. The molecule has 4 heterocycles. The molecule has 1 unspecified atom stereocenters. The lowest BCUT2D eigenvalue weighted by Gasteiger charge is -2.45. The van der Waals surface area contributed by atoms with Gasteiger partial charge in [0.05, 0.1) is 33.2 Å². The summed E-state index contributed by atoms with van der Waals surface area (Å²) < 4.78 is 11.7. The van der Waals surface area contributed by atoms with Crippen molar-refractivity contribution in [3.63, 3.8) is 0 Å². The van der Waals surface area contributed by atoms with Gasteiger partial charge >= 0.3 is 0 Å². The third kappa shape index (κ3) is 3.45. The average Bonchev–Trinajstić information content (AvgIpc) is 3.73. The Bertz CT molecular complexity index is 3050. The number of rotatable bonds is 2. The highest BCUT2D eigenvalue weighted by molar-refractivity contribution is 6.12. The zero-order valence-corrected chi connectivity index (χ0v) is 28.1. The number of fused-ring (bicyclic) bond motifs is 14. The number of hydrogen-bond acceptors (Lipinski definition) is 1. The minimum Gasteiger partial charge on any atom is -0.457 e. The van der Waals surface area contributed by atoms with Gasteiger partial charge in [0.1, 0.15) is 11.5 Å². The minimum absolute atomic E-state index is 0.566. The molecule has 242 valence electrons. The van der Waals surface area contributed by atoms with E-state index in [0.29, 0.717) is 0 Å². The molecule has 1 spiro atoms. The van der Waals surface area contributed by atoms with E-state index in [1.165, 1.54) is 66.0 Å². The zero-order chi connectivity index (χ0) is 34.0. The Morgan fingerprint density at radius 1 is 0.365 bits per heavy atom. The van der Waals surface area contributed by atoms with E-state index in [2.05, 4.69) is 191 Å². The molecule has 0 amide bonds. The molecule has 12 rings (SSSR count). The number of hydrogen-bond donors (Lipinski definition) is 0. The lowest BCUT2D eigenvalue weighted by Crippen LogP contribution is -2.37. The van der Waals surface area contributed by atoms with Crippen molar-refractivity contribution in [1.29, 1.82) is 0 Å². The summed E-state index contributed by atoms with van der Waals surface area (Å²) in [6.45, 7) is 0.